The first-order valence-corrected chi connectivity index (χ1v) is 9.58. The molecule has 1 fully saturated rings. The summed E-state index contributed by atoms with van der Waals surface area (Å²) in [7, 11) is 0. The summed E-state index contributed by atoms with van der Waals surface area (Å²) in [4.78, 5) is 2.58. The minimum atomic E-state index is 0.515. The molecule has 4 nitrogen and oxygen atoms in total. The van der Waals surface area contributed by atoms with Crippen molar-refractivity contribution < 1.29 is 4.74 Å². The average Bonchev–Trinajstić information content (AvgIpc) is 2.57. The minimum Gasteiger partial charge on any atom is -0.490 e. The van der Waals surface area contributed by atoms with Crippen molar-refractivity contribution in [1.82, 2.24) is 10.2 Å². The van der Waals surface area contributed by atoms with E-state index in [-0.39, 0.29) is 0 Å². The van der Waals surface area contributed by atoms with Crippen LogP contribution in [0, 0.1) is 11.8 Å². The molecule has 1 aliphatic heterocycles. The van der Waals surface area contributed by atoms with E-state index >= 15 is 0 Å². The molecule has 2 N–H and O–H groups in total. The molecular formula is C20H31N3OS. The predicted octanol–water partition coefficient (Wildman–Crippen LogP) is 3.91. The van der Waals surface area contributed by atoms with Crippen molar-refractivity contribution in [2.45, 2.75) is 26.7 Å². The van der Waals surface area contributed by atoms with E-state index in [1.165, 1.54) is 19.5 Å². The fraction of sp³-hybridized carbons (Fsp3) is 0.550. The summed E-state index contributed by atoms with van der Waals surface area (Å²) >= 11 is 5.37. The van der Waals surface area contributed by atoms with Crippen molar-refractivity contribution in [3.63, 3.8) is 0 Å². The normalized spacial score (nSPS) is 20.7. The van der Waals surface area contributed by atoms with Gasteiger partial charge in [0.2, 0.25) is 0 Å². The van der Waals surface area contributed by atoms with E-state index in [1.807, 2.05) is 24.3 Å². The van der Waals surface area contributed by atoms with Crippen LogP contribution in [0.4, 0.5) is 5.69 Å². The summed E-state index contributed by atoms with van der Waals surface area (Å²) in [6, 6.07) is 7.77. The summed E-state index contributed by atoms with van der Waals surface area (Å²) in [5.74, 6) is 2.46. The first-order valence-electron chi connectivity index (χ1n) is 9.17. The maximum atomic E-state index is 5.47. The number of rotatable bonds is 8. The molecule has 1 aromatic carbocycles. The molecule has 0 amide bonds. The Kier molecular flexibility index (Phi) is 8.22. The van der Waals surface area contributed by atoms with Crippen molar-refractivity contribution in [1.29, 1.82) is 0 Å². The number of nitrogens with zero attached hydrogens (tertiary/aromatic N) is 1. The molecule has 0 spiro atoms. The molecule has 1 saturated heterocycles. The molecule has 25 heavy (non-hydrogen) atoms. The number of benzene rings is 1. The summed E-state index contributed by atoms with van der Waals surface area (Å²) in [6.45, 7) is 13.4. The molecule has 2 rings (SSSR count). The third-order valence-corrected chi connectivity index (χ3v) is 4.61. The van der Waals surface area contributed by atoms with Crippen molar-refractivity contribution in [2.75, 3.05) is 38.1 Å². The molecule has 0 unspecified atom stereocenters. The molecular weight excluding hydrogens is 330 g/mol. The molecule has 1 aromatic rings. The van der Waals surface area contributed by atoms with Crippen molar-refractivity contribution in [2.24, 2.45) is 11.8 Å². The molecule has 0 aliphatic carbocycles. The quantitative estimate of drug-likeness (QED) is 0.417. The second-order valence-corrected chi connectivity index (χ2v) is 7.47. The van der Waals surface area contributed by atoms with Gasteiger partial charge in [-0.1, -0.05) is 26.5 Å². The molecule has 0 saturated carbocycles. The van der Waals surface area contributed by atoms with E-state index in [9.17, 15) is 0 Å². The van der Waals surface area contributed by atoms with Gasteiger partial charge in [-0.15, -0.1) is 0 Å². The van der Waals surface area contributed by atoms with Crippen LogP contribution in [-0.2, 0) is 0 Å². The van der Waals surface area contributed by atoms with Crippen LogP contribution in [0.2, 0.25) is 0 Å². The van der Waals surface area contributed by atoms with Crippen LogP contribution in [-0.4, -0.2) is 42.8 Å². The van der Waals surface area contributed by atoms with Crippen LogP contribution in [0.1, 0.15) is 26.7 Å². The molecule has 2 atom stereocenters. The third kappa shape index (κ3) is 7.45. The van der Waals surface area contributed by atoms with E-state index < -0.39 is 0 Å². The lowest BCUT2D eigenvalue weighted by atomic mass is 9.92. The standard InChI is InChI=1S/C20H31N3OS/c1-4-12-24-19-8-6-18(7-9-19)22-20(25)21-10-5-11-23-14-16(2)13-17(3)15-23/h4,6-9,16-17H,1,5,10-15H2,2-3H3,(H2,21,22,25)/t16-,17-/m0/s1. The number of nitrogens with one attached hydrogen (secondary N) is 2. The lowest BCUT2D eigenvalue weighted by molar-refractivity contribution is 0.140. The first-order chi connectivity index (χ1) is 12.1. The number of thiocarbonyl (C=S) groups is 1. The molecule has 0 radical (unpaired) electrons. The van der Waals surface area contributed by atoms with Crippen LogP contribution in [0.25, 0.3) is 0 Å². The topological polar surface area (TPSA) is 36.5 Å². The Bertz CT molecular complexity index is 536. The summed E-state index contributed by atoms with van der Waals surface area (Å²) < 4.78 is 5.47. The van der Waals surface area contributed by atoms with Crippen LogP contribution < -0.4 is 15.4 Å². The highest BCUT2D eigenvalue weighted by Gasteiger charge is 2.20. The number of likely N-dealkylation sites (tertiary alicyclic amines) is 1. The van der Waals surface area contributed by atoms with Crippen LogP contribution in [0.3, 0.4) is 0 Å². The lowest BCUT2D eigenvalue weighted by Gasteiger charge is -2.34. The smallest absolute Gasteiger partial charge is 0.170 e. The second kappa shape index (κ2) is 10.4. The monoisotopic (exact) mass is 361 g/mol. The summed E-state index contributed by atoms with van der Waals surface area (Å²) in [5.41, 5.74) is 0.960. The fourth-order valence-electron chi connectivity index (χ4n) is 3.44. The number of anilines is 1. The molecule has 0 aromatic heterocycles. The Balaban J connectivity index is 1.62. The van der Waals surface area contributed by atoms with Gasteiger partial charge in [-0.2, -0.15) is 0 Å². The Morgan fingerprint density at radius 3 is 2.60 bits per heavy atom. The van der Waals surface area contributed by atoms with Crippen molar-refractivity contribution in [3.05, 3.63) is 36.9 Å². The highest BCUT2D eigenvalue weighted by molar-refractivity contribution is 7.80. The highest BCUT2D eigenvalue weighted by atomic mass is 32.1. The zero-order valence-electron chi connectivity index (χ0n) is 15.5. The van der Waals surface area contributed by atoms with Gasteiger partial charge >= 0.3 is 0 Å². The Labute approximate surface area is 157 Å². The Morgan fingerprint density at radius 1 is 1.28 bits per heavy atom. The zero-order valence-corrected chi connectivity index (χ0v) is 16.3. The fourth-order valence-corrected chi connectivity index (χ4v) is 3.66. The van der Waals surface area contributed by atoms with Gasteiger partial charge in [0.05, 0.1) is 0 Å². The van der Waals surface area contributed by atoms with Crippen molar-refractivity contribution >= 4 is 23.0 Å². The highest BCUT2D eigenvalue weighted by Crippen LogP contribution is 2.20. The molecule has 1 aliphatic rings. The number of hydrogen-bond acceptors (Lipinski definition) is 3. The van der Waals surface area contributed by atoms with Gasteiger partial charge in [0, 0.05) is 25.3 Å². The van der Waals surface area contributed by atoms with E-state index in [0.717, 1.165) is 42.8 Å². The molecule has 5 heteroatoms. The Morgan fingerprint density at radius 2 is 1.96 bits per heavy atom. The summed E-state index contributed by atoms with van der Waals surface area (Å²) in [6.07, 6.45) is 4.20. The van der Waals surface area contributed by atoms with E-state index in [2.05, 4.69) is 36.0 Å². The van der Waals surface area contributed by atoms with Gasteiger partial charge in [0.1, 0.15) is 12.4 Å². The van der Waals surface area contributed by atoms with Crippen LogP contribution >= 0.6 is 12.2 Å². The number of ether oxygens (including phenoxy) is 1. The molecule has 138 valence electrons. The minimum absolute atomic E-state index is 0.515. The molecule has 0 bridgehead atoms. The number of hydrogen-bond donors (Lipinski definition) is 2. The van der Waals surface area contributed by atoms with Gasteiger partial charge < -0.3 is 20.3 Å². The average molecular weight is 362 g/mol. The van der Waals surface area contributed by atoms with Crippen LogP contribution in [0.5, 0.6) is 5.75 Å². The van der Waals surface area contributed by atoms with Gasteiger partial charge in [-0.05, 0) is 67.7 Å². The van der Waals surface area contributed by atoms with Gasteiger partial charge in [0.25, 0.3) is 0 Å². The maximum absolute atomic E-state index is 5.47. The van der Waals surface area contributed by atoms with Gasteiger partial charge in [0.15, 0.2) is 5.11 Å². The largest absolute Gasteiger partial charge is 0.490 e. The van der Waals surface area contributed by atoms with Crippen LogP contribution in [0.15, 0.2) is 36.9 Å². The van der Waals surface area contributed by atoms with E-state index in [4.69, 9.17) is 17.0 Å². The zero-order chi connectivity index (χ0) is 18.1. The third-order valence-electron chi connectivity index (χ3n) is 4.36. The Hall–Kier alpha value is -1.59. The first kappa shape index (κ1) is 19.7. The van der Waals surface area contributed by atoms with E-state index in [0.29, 0.717) is 11.7 Å². The lowest BCUT2D eigenvalue weighted by Crippen LogP contribution is -2.40. The predicted molar refractivity (Wildman–Crippen MR) is 110 cm³/mol. The second-order valence-electron chi connectivity index (χ2n) is 7.06. The van der Waals surface area contributed by atoms with Crippen molar-refractivity contribution in [3.8, 4) is 5.75 Å². The maximum Gasteiger partial charge on any atom is 0.170 e. The van der Waals surface area contributed by atoms with Gasteiger partial charge in [-0.3, -0.25) is 0 Å². The SMILES string of the molecule is C=CCOc1ccc(NC(=S)NCCCN2C[C@@H](C)C[C@H](C)C2)cc1. The molecule has 1 heterocycles. The number of piperidine rings is 1. The summed E-state index contributed by atoms with van der Waals surface area (Å²) in [5, 5.41) is 7.17. The van der Waals surface area contributed by atoms with Gasteiger partial charge in [-0.25, -0.2) is 0 Å². The van der Waals surface area contributed by atoms with E-state index in [1.54, 1.807) is 6.08 Å².